The molecule has 0 amide bonds. The first-order valence-electron chi connectivity index (χ1n) is 8.35. The van der Waals surface area contributed by atoms with Crippen molar-refractivity contribution in [2.45, 2.75) is 45.1 Å². The van der Waals surface area contributed by atoms with E-state index in [0.717, 1.165) is 13.1 Å². The summed E-state index contributed by atoms with van der Waals surface area (Å²) in [5.74, 6) is 0.829. The minimum atomic E-state index is -0.477. The second kappa shape index (κ2) is 8.91. The van der Waals surface area contributed by atoms with Crippen LogP contribution in [0, 0.1) is 0 Å². The van der Waals surface area contributed by atoms with Gasteiger partial charge in [-0.25, -0.2) is 0 Å². The quantitative estimate of drug-likeness (QED) is 0.787. The maximum Gasteiger partial charge on any atom is 0.162 e. The maximum absolute atomic E-state index is 11.6. The van der Waals surface area contributed by atoms with E-state index in [1.807, 2.05) is 6.92 Å². The van der Waals surface area contributed by atoms with Crippen LogP contribution in [0.2, 0.25) is 0 Å². The Morgan fingerprint density at radius 3 is 2.41 bits per heavy atom. The molecule has 0 aromatic heterocycles. The summed E-state index contributed by atoms with van der Waals surface area (Å²) in [5.41, 5.74) is 0.708. The molecule has 1 aliphatic rings. The standard InChI is InChI=1S/C18H27NO3/c1-2-18(21)15-7-9-17(10-8-15)22-14-16(20)13-19-11-5-3-4-6-12-19/h7-10,16,20H,2-6,11-14H2,1H3/t16-/m1/s1. The molecule has 0 unspecified atom stereocenters. The monoisotopic (exact) mass is 305 g/mol. The van der Waals surface area contributed by atoms with E-state index < -0.39 is 6.10 Å². The molecule has 0 saturated carbocycles. The molecule has 1 aromatic rings. The largest absolute Gasteiger partial charge is 0.491 e. The molecule has 1 saturated heterocycles. The number of rotatable bonds is 7. The molecular formula is C18H27NO3. The number of aliphatic hydroxyl groups excluding tert-OH is 1. The van der Waals surface area contributed by atoms with Crippen molar-refractivity contribution in [2.24, 2.45) is 0 Å². The van der Waals surface area contributed by atoms with Crippen molar-refractivity contribution in [1.29, 1.82) is 0 Å². The Kier molecular flexibility index (Phi) is 6.87. The van der Waals surface area contributed by atoms with Gasteiger partial charge in [0, 0.05) is 18.5 Å². The molecular weight excluding hydrogens is 278 g/mol. The molecule has 1 fully saturated rings. The lowest BCUT2D eigenvalue weighted by Crippen LogP contribution is -2.36. The zero-order valence-electron chi connectivity index (χ0n) is 13.5. The van der Waals surface area contributed by atoms with E-state index in [1.54, 1.807) is 24.3 Å². The van der Waals surface area contributed by atoms with Crippen LogP contribution in [0.5, 0.6) is 5.75 Å². The molecule has 0 spiro atoms. The number of aliphatic hydroxyl groups is 1. The minimum absolute atomic E-state index is 0.132. The fourth-order valence-corrected chi connectivity index (χ4v) is 2.80. The van der Waals surface area contributed by atoms with Gasteiger partial charge in [-0.05, 0) is 50.2 Å². The molecule has 4 heteroatoms. The molecule has 0 bridgehead atoms. The van der Waals surface area contributed by atoms with Crippen molar-refractivity contribution in [3.63, 3.8) is 0 Å². The number of ether oxygens (including phenoxy) is 1. The summed E-state index contributed by atoms with van der Waals surface area (Å²) in [4.78, 5) is 13.9. The van der Waals surface area contributed by atoms with E-state index in [1.165, 1.54) is 25.7 Å². The lowest BCUT2D eigenvalue weighted by molar-refractivity contribution is 0.0693. The van der Waals surface area contributed by atoms with Crippen LogP contribution in [0.25, 0.3) is 0 Å². The first-order chi connectivity index (χ1) is 10.7. The van der Waals surface area contributed by atoms with Gasteiger partial charge in [0.2, 0.25) is 0 Å². The Hall–Kier alpha value is -1.39. The van der Waals surface area contributed by atoms with Gasteiger partial charge in [0.25, 0.3) is 0 Å². The minimum Gasteiger partial charge on any atom is -0.491 e. The van der Waals surface area contributed by atoms with Gasteiger partial charge in [0.05, 0.1) is 0 Å². The number of carbonyl (C=O) groups is 1. The number of nitrogens with zero attached hydrogens (tertiary/aromatic N) is 1. The lowest BCUT2D eigenvalue weighted by atomic mass is 10.1. The molecule has 4 nitrogen and oxygen atoms in total. The highest BCUT2D eigenvalue weighted by atomic mass is 16.5. The lowest BCUT2D eigenvalue weighted by Gasteiger charge is -2.23. The van der Waals surface area contributed by atoms with Crippen LogP contribution in [0.3, 0.4) is 0 Å². The number of hydrogen-bond donors (Lipinski definition) is 1. The second-order valence-corrected chi connectivity index (χ2v) is 5.98. The molecule has 1 aromatic carbocycles. The predicted octanol–water partition coefficient (Wildman–Crippen LogP) is 2.90. The maximum atomic E-state index is 11.6. The predicted molar refractivity (Wildman–Crippen MR) is 87.5 cm³/mol. The number of ketones is 1. The van der Waals surface area contributed by atoms with Crippen LogP contribution in [0.15, 0.2) is 24.3 Å². The molecule has 1 aliphatic heterocycles. The zero-order valence-corrected chi connectivity index (χ0v) is 13.5. The third kappa shape index (κ3) is 5.43. The van der Waals surface area contributed by atoms with Gasteiger partial charge in [-0.1, -0.05) is 19.8 Å². The Bertz CT molecular complexity index is 450. The van der Waals surface area contributed by atoms with Gasteiger partial charge < -0.3 is 14.7 Å². The summed E-state index contributed by atoms with van der Waals surface area (Å²) < 4.78 is 5.62. The molecule has 122 valence electrons. The summed E-state index contributed by atoms with van der Waals surface area (Å²) in [7, 11) is 0. The molecule has 22 heavy (non-hydrogen) atoms. The van der Waals surface area contributed by atoms with E-state index in [2.05, 4.69) is 4.90 Å². The number of carbonyl (C=O) groups excluding carboxylic acids is 1. The Morgan fingerprint density at radius 1 is 1.18 bits per heavy atom. The summed E-state index contributed by atoms with van der Waals surface area (Å²) in [5, 5.41) is 10.1. The highest BCUT2D eigenvalue weighted by Gasteiger charge is 2.14. The van der Waals surface area contributed by atoms with Gasteiger partial charge in [-0.3, -0.25) is 4.79 Å². The van der Waals surface area contributed by atoms with Crippen molar-refractivity contribution >= 4 is 5.78 Å². The van der Waals surface area contributed by atoms with Crippen molar-refractivity contribution in [3.8, 4) is 5.75 Å². The van der Waals surface area contributed by atoms with E-state index in [4.69, 9.17) is 4.74 Å². The summed E-state index contributed by atoms with van der Waals surface area (Å²) in [6, 6.07) is 7.15. The van der Waals surface area contributed by atoms with Gasteiger partial charge in [-0.2, -0.15) is 0 Å². The first-order valence-corrected chi connectivity index (χ1v) is 8.35. The molecule has 0 radical (unpaired) electrons. The smallest absolute Gasteiger partial charge is 0.162 e. The fraction of sp³-hybridized carbons (Fsp3) is 0.611. The Morgan fingerprint density at radius 2 is 1.82 bits per heavy atom. The van der Waals surface area contributed by atoms with Crippen LogP contribution in [0.1, 0.15) is 49.4 Å². The number of hydrogen-bond acceptors (Lipinski definition) is 4. The number of Topliss-reactive ketones (excluding diaryl/α,β-unsaturated/α-hetero) is 1. The van der Waals surface area contributed by atoms with Gasteiger partial charge in [-0.15, -0.1) is 0 Å². The number of β-amino-alcohol motifs (C(OH)–C–C–N with tert-alkyl or cyclic N) is 1. The van der Waals surface area contributed by atoms with Crippen LogP contribution in [-0.4, -0.2) is 48.1 Å². The summed E-state index contributed by atoms with van der Waals surface area (Å²) in [6.45, 7) is 4.96. The molecule has 1 N–H and O–H groups in total. The molecule has 1 atom stereocenters. The average molecular weight is 305 g/mol. The average Bonchev–Trinajstić information content (AvgIpc) is 2.81. The summed E-state index contributed by atoms with van der Waals surface area (Å²) in [6.07, 6.45) is 5.07. The van der Waals surface area contributed by atoms with Crippen molar-refractivity contribution in [2.75, 3.05) is 26.2 Å². The van der Waals surface area contributed by atoms with E-state index >= 15 is 0 Å². The van der Waals surface area contributed by atoms with Crippen LogP contribution in [-0.2, 0) is 0 Å². The van der Waals surface area contributed by atoms with Crippen LogP contribution < -0.4 is 4.74 Å². The topological polar surface area (TPSA) is 49.8 Å². The van der Waals surface area contributed by atoms with Crippen LogP contribution >= 0.6 is 0 Å². The van der Waals surface area contributed by atoms with Crippen molar-refractivity contribution in [1.82, 2.24) is 4.90 Å². The zero-order chi connectivity index (χ0) is 15.8. The van der Waals surface area contributed by atoms with Crippen LogP contribution in [0.4, 0.5) is 0 Å². The van der Waals surface area contributed by atoms with Gasteiger partial charge >= 0.3 is 0 Å². The highest BCUT2D eigenvalue weighted by Crippen LogP contribution is 2.14. The molecule has 2 rings (SSSR count). The van der Waals surface area contributed by atoms with Crippen molar-refractivity contribution < 1.29 is 14.6 Å². The SMILES string of the molecule is CCC(=O)c1ccc(OC[C@H](O)CN2CCCCCC2)cc1. The number of likely N-dealkylation sites (tertiary alicyclic amines) is 1. The third-order valence-electron chi connectivity index (χ3n) is 4.11. The van der Waals surface area contributed by atoms with Gasteiger partial charge in [0.15, 0.2) is 5.78 Å². The first kappa shape index (κ1) is 17.0. The highest BCUT2D eigenvalue weighted by molar-refractivity contribution is 5.95. The van der Waals surface area contributed by atoms with E-state index in [-0.39, 0.29) is 12.4 Å². The number of benzene rings is 1. The Labute approximate surface area is 133 Å². The Balaban J connectivity index is 1.75. The normalized spacial score (nSPS) is 17.7. The third-order valence-corrected chi connectivity index (χ3v) is 4.11. The van der Waals surface area contributed by atoms with E-state index in [0.29, 0.717) is 24.3 Å². The van der Waals surface area contributed by atoms with E-state index in [9.17, 15) is 9.90 Å². The molecule has 1 heterocycles. The van der Waals surface area contributed by atoms with Gasteiger partial charge in [0.1, 0.15) is 18.5 Å². The van der Waals surface area contributed by atoms with Crippen molar-refractivity contribution in [3.05, 3.63) is 29.8 Å². The second-order valence-electron chi connectivity index (χ2n) is 5.98. The fourth-order valence-electron chi connectivity index (χ4n) is 2.80. The molecule has 0 aliphatic carbocycles. The summed E-state index contributed by atoms with van der Waals surface area (Å²) >= 11 is 0.